The summed E-state index contributed by atoms with van der Waals surface area (Å²) in [6.45, 7) is 5.76. The maximum atomic E-state index is 12.5. The molecule has 1 aromatic heterocycles. The van der Waals surface area contributed by atoms with E-state index in [1.54, 1.807) is 6.07 Å². The minimum Gasteiger partial charge on any atom is -0.341 e. The number of rotatable bonds is 3. The molecule has 23 heavy (non-hydrogen) atoms. The van der Waals surface area contributed by atoms with E-state index in [0.29, 0.717) is 11.6 Å². The van der Waals surface area contributed by atoms with Gasteiger partial charge in [0.2, 0.25) is 5.95 Å². The molecular formula is C17H19BrN4O. The Hall–Kier alpha value is -1.95. The molecule has 1 aromatic carbocycles. The van der Waals surface area contributed by atoms with Crippen LogP contribution in [0.4, 0.5) is 11.6 Å². The quantitative estimate of drug-likeness (QED) is 0.889. The number of carbonyl (C=O) groups excluding carboxylic acids is 1. The van der Waals surface area contributed by atoms with Gasteiger partial charge in [-0.05, 0) is 56.5 Å². The summed E-state index contributed by atoms with van der Waals surface area (Å²) in [6.07, 6.45) is 2.30. The molecule has 0 spiro atoms. The number of hydrogen-bond donors (Lipinski definition) is 1. The van der Waals surface area contributed by atoms with Crippen LogP contribution in [0.1, 0.15) is 34.6 Å². The molecular weight excluding hydrogens is 356 g/mol. The number of anilines is 2. The van der Waals surface area contributed by atoms with E-state index in [0.717, 1.165) is 47.3 Å². The predicted molar refractivity (Wildman–Crippen MR) is 95.0 cm³/mol. The van der Waals surface area contributed by atoms with Crippen LogP contribution >= 0.6 is 15.9 Å². The number of halogens is 1. The second-order valence-corrected chi connectivity index (χ2v) is 6.72. The van der Waals surface area contributed by atoms with Crippen molar-refractivity contribution < 1.29 is 4.79 Å². The van der Waals surface area contributed by atoms with Crippen molar-refractivity contribution in [3.05, 3.63) is 45.7 Å². The molecule has 1 saturated heterocycles. The van der Waals surface area contributed by atoms with Crippen LogP contribution in [0.3, 0.4) is 0 Å². The fourth-order valence-electron chi connectivity index (χ4n) is 2.68. The molecule has 0 radical (unpaired) electrons. The highest BCUT2D eigenvalue weighted by atomic mass is 79.9. The Kier molecular flexibility index (Phi) is 4.61. The van der Waals surface area contributed by atoms with E-state index in [2.05, 4.69) is 36.1 Å². The van der Waals surface area contributed by atoms with Gasteiger partial charge in [0.05, 0.1) is 0 Å². The largest absolute Gasteiger partial charge is 0.341 e. The summed E-state index contributed by atoms with van der Waals surface area (Å²) >= 11 is 3.43. The van der Waals surface area contributed by atoms with Crippen molar-refractivity contribution in [2.24, 2.45) is 0 Å². The number of carbonyl (C=O) groups is 1. The van der Waals surface area contributed by atoms with Gasteiger partial charge < -0.3 is 10.2 Å². The first-order valence-corrected chi connectivity index (χ1v) is 8.50. The third-order valence-corrected chi connectivity index (χ3v) is 4.39. The van der Waals surface area contributed by atoms with E-state index in [-0.39, 0.29) is 5.91 Å². The molecule has 6 heteroatoms. The first kappa shape index (κ1) is 15.9. The van der Waals surface area contributed by atoms with E-state index in [4.69, 9.17) is 0 Å². The fourth-order valence-corrected chi connectivity index (χ4v) is 3.16. The van der Waals surface area contributed by atoms with Crippen molar-refractivity contribution in [3.8, 4) is 0 Å². The maximum Gasteiger partial charge on any atom is 0.274 e. The van der Waals surface area contributed by atoms with Gasteiger partial charge in [0.15, 0.2) is 0 Å². The molecule has 2 heterocycles. The summed E-state index contributed by atoms with van der Waals surface area (Å²) in [7, 11) is 0. The van der Waals surface area contributed by atoms with Crippen molar-refractivity contribution in [2.45, 2.75) is 26.7 Å². The first-order valence-electron chi connectivity index (χ1n) is 7.71. The van der Waals surface area contributed by atoms with Crippen molar-refractivity contribution >= 4 is 33.5 Å². The van der Waals surface area contributed by atoms with Crippen LogP contribution in [-0.4, -0.2) is 29.0 Å². The van der Waals surface area contributed by atoms with Gasteiger partial charge in [-0.15, -0.1) is 0 Å². The van der Waals surface area contributed by atoms with Gasteiger partial charge >= 0.3 is 0 Å². The van der Waals surface area contributed by atoms with E-state index < -0.39 is 0 Å². The number of aromatic nitrogens is 2. The Balaban J connectivity index is 1.84. The van der Waals surface area contributed by atoms with Gasteiger partial charge in [0.25, 0.3) is 5.91 Å². The second-order valence-electron chi connectivity index (χ2n) is 5.80. The Morgan fingerprint density at radius 2 is 1.91 bits per heavy atom. The molecule has 0 bridgehead atoms. The molecule has 3 rings (SSSR count). The lowest BCUT2D eigenvalue weighted by Gasteiger charge is -2.16. The average Bonchev–Trinajstić information content (AvgIpc) is 3.04. The van der Waals surface area contributed by atoms with Crippen molar-refractivity contribution in [2.75, 3.05) is 23.3 Å². The normalized spacial score (nSPS) is 14.1. The minimum absolute atomic E-state index is 0.207. The lowest BCUT2D eigenvalue weighted by Crippen LogP contribution is -2.23. The summed E-state index contributed by atoms with van der Waals surface area (Å²) in [5.74, 6) is 0.446. The third-order valence-electron chi connectivity index (χ3n) is 3.90. The molecule has 1 N–H and O–H groups in total. The van der Waals surface area contributed by atoms with Crippen LogP contribution < -0.4 is 10.2 Å². The van der Waals surface area contributed by atoms with Crippen molar-refractivity contribution in [3.63, 3.8) is 0 Å². The summed E-state index contributed by atoms with van der Waals surface area (Å²) < 4.78 is 0.988. The Bertz CT molecular complexity index is 741. The van der Waals surface area contributed by atoms with Gasteiger partial charge in [0, 0.05) is 28.9 Å². The molecule has 1 aliphatic heterocycles. The highest BCUT2D eigenvalue weighted by Gasteiger charge is 2.18. The number of hydrogen-bond acceptors (Lipinski definition) is 4. The number of aryl methyl sites for hydroxylation is 2. The van der Waals surface area contributed by atoms with Crippen LogP contribution in [-0.2, 0) is 0 Å². The minimum atomic E-state index is -0.207. The standard InChI is InChI=1S/C17H19BrN4O/c1-11-9-13(18)5-6-14(11)20-16(23)15-10-12(2)19-17(21-15)22-7-3-4-8-22/h5-6,9-10H,3-4,7-8H2,1-2H3,(H,20,23). The third kappa shape index (κ3) is 3.69. The van der Waals surface area contributed by atoms with Crippen LogP contribution in [0.25, 0.3) is 0 Å². The van der Waals surface area contributed by atoms with E-state index in [9.17, 15) is 4.79 Å². The lowest BCUT2D eigenvalue weighted by atomic mass is 10.2. The fraction of sp³-hybridized carbons (Fsp3) is 0.353. The predicted octanol–water partition coefficient (Wildman–Crippen LogP) is 3.71. The maximum absolute atomic E-state index is 12.5. The second kappa shape index (κ2) is 6.66. The number of nitrogens with zero attached hydrogens (tertiary/aromatic N) is 3. The molecule has 0 aliphatic carbocycles. The summed E-state index contributed by atoms with van der Waals surface area (Å²) in [6, 6.07) is 7.48. The topological polar surface area (TPSA) is 58.1 Å². The Morgan fingerprint density at radius 3 is 2.61 bits per heavy atom. The highest BCUT2D eigenvalue weighted by molar-refractivity contribution is 9.10. The van der Waals surface area contributed by atoms with E-state index in [1.807, 2.05) is 32.0 Å². The zero-order valence-corrected chi connectivity index (χ0v) is 14.9. The van der Waals surface area contributed by atoms with Crippen LogP contribution in [0.5, 0.6) is 0 Å². The van der Waals surface area contributed by atoms with Gasteiger partial charge in [-0.1, -0.05) is 15.9 Å². The zero-order valence-electron chi connectivity index (χ0n) is 13.3. The monoisotopic (exact) mass is 374 g/mol. The van der Waals surface area contributed by atoms with Crippen molar-refractivity contribution in [1.29, 1.82) is 0 Å². The van der Waals surface area contributed by atoms with Crippen LogP contribution in [0, 0.1) is 13.8 Å². The van der Waals surface area contributed by atoms with Gasteiger partial charge in [-0.2, -0.15) is 0 Å². The number of benzene rings is 1. The molecule has 1 fully saturated rings. The summed E-state index contributed by atoms with van der Waals surface area (Å²) in [5, 5.41) is 2.93. The summed E-state index contributed by atoms with van der Waals surface area (Å²) in [5.41, 5.74) is 3.00. The first-order chi connectivity index (χ1) is 11.0. The molecule has 1 aliphatic rings. The molecule has 0 saturated carbocycles. The smallest absolute Gasteiger partial charge is 0.274 e. The van der Waals surface area contributed by atoms with Crippen LogP contribution in [0.15, 0.2) is 28.7 Å². The van der Waals surface area contributed by atoms with E-state index in [1.165, 1.54) is 0 Å². The van der Waals surface area contributed by atoms with Crippen molar-refractivity contribution in [1.82, 2.24) is 9.97 Å². The number of amides is 1. The molecule has 1 amide bonds. The highest BCUT2D eigenvalue weighted by Crippen LogP contribution is 2.21. The summed E-state index contributed by atoms with van der Waals surface area (Å²) in [4.78, 5) is 23.6. The van der Waals surface area contributed by atoms with Crippen LogP contribution in [0.2, 0.25) is 0 Å². The lowest BCUT2D eigenvalue weighted by molar-refractivity contribution is 0.102. The van der Waals surface area contributed by atoms with E-state index >= 15 is 0 Å². The molecule has 0 unspecified atom stereocenters. The van der Waals surface area contributed by atoms with Gasteiger partial charge in [0.1, 0.15) is 5.69 Å². The molecule has 120 valence electrons. The Morgan fingerprint density at radius 1 is 1.17 bits per heavy atom. The van der Waals surface area contributed by atoms with Gasteiger partial charge in [-0.25, -0.2) is 9.97 Å². The molecule has 2 aromatic rings. The Labute approximate surface area is 144 Å². The average molecular weight is 375 g/mol. The van der Waals surface area contributed by atoms with Gasteiger partial charge in [-0.3, -0.25) is 4.79 Å². The molecule has 5 nitrogen and oxygen atoms in total. The SMILES string of the molecule is Cc1cc(C(=O)Nc2ccc(Br)cc2C)nc(N2CCCC2)n1. The zero-order chi connectivity index (χ0) is 16.4. The molecule has 0 atom stereocenters. The number of nitrogens with one attached hydrogen (secondary N) is 1.